The van der Waals surface area contributed by atoms with Gasteiger partial charge in [-0.15, -0.1) is 0 Å². The molecule has 3 aromatic rings. The maximum Gasteiger partial charge on any atom is 0.325 e. The number of benzene rings is 3. The van der Waals surface area contributed by atoms with Crippen LogP contribution in [0.1, 0.15) is 28.4 Å². The first-order valence-electron chi connectivity index (χ1n) is 10.2. The van der Waals surface area contributed by atoms with Crippen molar-refractivity contribution >= 4 is 23.5 Å². The van der Waals surface area contributed by atoms with Crippen molar-refractivity contribution in [1.29, 1.82) is 0 Å². The summed E-state index contributed by atoms with van der Waals surface area (Å²) in [4.78, 5) is 39.7. The van der Waals surface area contributed by atoms with Crippen LogP contribution in [0.15, 0.2) is 78.9 Å². The van der Waals surface area contributed by atoms with E-state index >= 15 is 0 Å². The molecule has 32 heavy (non-hydrogen) atoms. The minimum absolute atomic E-state index is 0.0435. The van der Waals surface area contributed by atoms with Gasteiger partial charge in [0.25, 0.3) is 11.8 Å². The van der Waals surface area contributed by atoms with Crippen LogP contribution in [-0.4, -0.2) is 29.9 Å². The highest BCUT2D eigenvalue weighted by Gasteiger charge is 2.50. The molecule has 0 saturated carbocycles. The van der Waals surface area contributed by atoms with Gasteiger partial charge in [0, 0.05) is 16.8 Å². The van der Waals surface area contributed by atoms with Crippen molar-refractivity contribution in [2.24, 2.45) is 0 Å². The van der Waals surface area contributed by atoms with Crippen LogP contribution in [0.2, 0.25) is 0 Å². The van der Waals surface area contributed by atoms with Crippen LogP contribution >= 0.6 is 0 Å². The Balaban J connectivity index is 1.54. The maximum atomic E-state index is 13.3. The molecule has 7 nitrogen and oxygen atoms in total. The van der Waals surface area contributed by atoms with E-state index in [1.54, 1.807) is 67.6 Å². The molecule has 1 saturated heterocycles. The Hall–Kier alpha value is -4.13. The van der Waals surface area contributed by atoms with E-state index in [2.05, 4.69) is 10.6 Å². The number of rotatable bonds is 6. The summed E-state index contributed by atoms with van der Waals surface area (Å²) in [5.74, 6) is -0.134. The molecule has 4 rings (SSSR count). The molecule has 2 N–H and O–H groups in total. The summed E-state index contributed by atoms with van der Waals surface area (Å²) >= 11 is 0. The van der Waals surface area contributed by atoms with Gasteiger partial charge in [-0.2, -0.15) is 0 Å². The number of ether oxygens (including phenoxy) is 1. The smallest absolute Gasteiger partial charge is 0.325 e. The summed E-state index contributed by atoms with van der Waals surface area (Å²) < 4.78 is 5.38. The third kappa shape index (κ3) is 3.92. The molecule has 0 aliphatic carbocycles. The fraction of sp³-hybridized carbons (Fsp3) is 0.160. The van der Waals surface area contributed by atoms with Gasteiger partial charge in [-0.05, 0) is 42.8 Å². The fourth-order valence-electron chi connectivity index (χ4n) is 3.80. The van der Waals surface area contributed by atoms with E-state index < -0.39 is 11.6 Å². The second-order valence-electron chi connectivity index (χ2n) is 7.67. The summed E-state index contributed by atoms with van der Waals surface area (Å²) in [5, 5.41) is 5.62. The zero-order valence-electron chi connectivity index (χ0n) is 17.8. The summed E-state index contributed by atoms with van der Waals surface area (Å²) in [6.45, 7) is 1.71. The molecular weight excluding hydrogens is 406 g/mol. The van der Waals surface area contributed by atoms with Crippen LogP contribution in [0, 0.1) is 0 Å². The predicted octanol–water partition coefficient (Wildman–Crippen LogP) is 3.91. The number of para-hydroxylation sites is 2. The second-order valence-corrected chi connectivity index (χ2v) is 7.67. The lowest BCUT2D eigenvalue weighted by molar-refractivity contribution is -0.131. The van der Waals surface area contributed by atoms with E-state index in [0.29, 0.717) is 28.1 Å². The van der Waals surface area contributed by atoms with E-state index in [-0.39, 0.29) is 18.4 Å². The number of hydrogen-bond donors (Lipinski definition) is 2. The molecule has 0 radical (unpaired) electrons. The van der Waals surface area contributed by atoms with Gasteiger partial charge in [-0.1, -0.05) is 48.5 Å². The molecule has 0 aromatic heterocycles. The Bertz CT molecular complexity index is 1180. The van der Waals surface area contributed by atoms with Crippen LogP contribution in [0.5, 0.6) is 5.75 Å². The van der Waals surface area contributed by atoms with Crippen molar-refractivity contribution in [2.75, 3.05) is 12.4 Å². The van der Waals surface area contributed by atoms with Gasteiger partial charge in [0.1, 0.15) is 11.3 Å². The van der Waals surface area contributed by atoms with Crippen LogP contribution < -0.4 is 15.4 Å². The highest BCUT2D eigenvalue weighted by molar-refractivity contribution is 6.07. The van der Waals surface area contributed by atoms with Crippen molar-refractivity contribution in [3.63, 3.8) is 0 Å². The van der Waals surface area contributed by atoms with E-state index in [1.165, 1.54) is 7.11 Å². The van der Waals surface area contributed by atoms with E-state index in [1.807, 2.05) is 18.2 Å². The summed E-state index contributed by atoms with van der Waals surface area (Å²) in [6.07, 6.45) is 0. The lowest BCUT2D eigenvalue weighted by Crippen LogP contribution is -2.41. The molecular formula is C25H23N3O4. The normalized spacial score (nSPS) is 17.8. The quantitative estimate of drug-likeness (QED) is 0.582. The van der Waals surface area contributed by atoms with Crippen LogP contribution in [0.3, 0.4) is 0 Å². The van der Waals surface area contributed by atoms with Crippen LogP contribution in [-0.2, 0) is 16.9 Å². The monoisotopic (exact) mass is 429 g/mol. The summed E-state index contributed by atoms with van der Waals surface area (Å²) in [5.41, 5.74) is 1.12. The van der Waals surface area contributed by atoms with Gasteiger partial charge in [0.15, 0.2) is 0 Å². The minimum Gasteiger partial charge on any atom is -0.496 e. The number of methoxy groups -OCH3 is 1. The minimum atomic E-state index is -1.24. The number of urea groups is 1. The number of carbonyl (C=O) groups is 3. The van der Waals surface area contributed by atoms with Gasteiger partial charge in [-0.3, -0.25) is 14.5 Å². The van der Waals surface area contributed by atoms with Gasteiger partial charge >= 0.3 is 6.03 Å². The first kappa shape index (κ1) is 21.1. The van der Waals surface area contributed by atoms with E-state index in [9.17, 15) is 14.4 Å². The molecule has 162 valence electrons. The van der Waals surface area contributed by atoms with Crippen molar-refractivity contribution in [3.05, 3.63) is 95.6 Å². The van der Waals surface area contributed by atoms with Crippen molar-refractivity contribution in [1.82, 2.24) is 10.2 Å². The molecule has 4 amide bonds. The van der Waals surface area contributed by atoms with Gasteiger partial charge in [0.2, 0.25) is 0 Å². The Labute approximate surface area is 186 Å². The zero-order chi connectivity index (χ0) is 22.7. The Morgan fingerprint density at radius 2 is 1.72 bits per heavy atom. The molecule has 0 bridgehead atoms. The number of imide groups is 1. The molecule has 1 aliphatic rings. The fourth-order valence-corrected chi connectivity index (χ4v) is 3.80. The van der Waals surface area contributed by atoms with Crippen molar-refractivity contribution in [3.8, 4) is 5.75 Å². The highest BCUT2D eigenvalue weighted by atomic mass is 16.5. The Morgan fingerprint density at radius 1 is 1.00 bits per heavy atom. The third-order valence-electron chi connectivity index (χ3n) is 5.48. The number of hydrogen-bond acceptors (Lipinski definition) is 4. The molecule has 3 aromatic carbocycles. The van der Waals surface area contributed by atoms with Gasteiger partial charge < -0.3 is 15.4 Å². The topological polar surface area (TPSA) is 87.7 Å². The molecule has 0 spiro atoms. The first-order valence-corrected chi connectivity index (χ1v) is 10.2. The van der Waals surface area contributed by atoms with Crippen molar-refractivity contribution in [2.45, 2.75) is 19.0 Å². The lowest BCUT2D eigenvalue weighted by Gasteiger charge is -2.24. The average molecular weight is 429 g/mol. The zero-order valence-corrected chi connectivity index (χ0v) is 17.8. The molecule has 1 fully saturated rings. The summed E-state index contributed by atoms with van der Waals surface area (Å²) in [7, 11) is 1.52. The number of amides is 4. The Morgan fingerprint density at radius 3 is 2.47 bits per heavy atom. The average Bonchev–Trinajstić information content (AvgIpc) is 3.03. The largest absolute Gasteiger partial charge is 0.496 e. The SMILES string of the molecule is COc1ccccc1[C@@]1(C)NC(=O)N(Cc2cccc(C(=O)Nc3ccccc3)c2)C1=O. The number of anilines is 1. The molecule has 7 heteroatoms. The number of nitrogens with one attached hydrogen (secondary N) is 2. The molecule has 0 unspecified atom stereocenters. The van der Waals surface area contributed by atoms with E-state index in [4.69, 9.17) is 4.74 Å². The van der Waals surface area contributed by atoms with Crippen LogP contribution in [0.25, 0.3) is 0 Å². The molecule has 1 heterocycles. The van der Waals surface area contributed by atoms with Crippen molar-refractivity contribution < 1.29 is 19.1 Å². The van der Waals surface area contributed by atoms with Gasteiger partial charge in [0.05, 0.1) is 13.7 Å². The second kappa shape index (κ2) is 8.55. The lowest BCUT2D eigenvalue weighted by atomic mass is 9.91. The molecule has 1 aliphatic heterocycles. The maximum absolute atomic E-state index is 13.3. The van der Waals surface area contributed by atoms with Gasteiger partial charge in [-0.25, -0.2) is 4.79 Å². The van der Waals surface area contributed by atoms with E-state index in [0.717, 1.165) is 4.90 Å². The standard InChI is InChI=1S/C25H23N3O4/c1-25(20-13-6-7-14-21(20)32-2)23(30)28(24(31)27-25)16-17-9-8-10-18(15-17)22(29)26-19-11-4-3-5-12-19/h3-15H,16H2,1-2H3,(H,26,29)(H,27,31)/t25-/m1/s1. The third-order valence-corrected chi connectivity index (χ3v) is 5.48. The number of nitrogens with zero attached hydrogens (tertiary/aromatic N) is 1. The Kier molecular flexibility index (Phi) is 5.64. The highest BCUT2D eigenvalue weighted by Crippen LogP contribution is 2.35. The number of carbonyl (C=O) groups excluding carboxylic acids is 3. The predicted molar refractivity (Wildman–Crippen MR) is 120 cm³/mol. The first-order chi connectivity index (χ1) is 15.4. The van der Waals surface area contributed by atoms with Crippen LogP contribution in [0.4, 0.5) is 10.5 Å². The summed E-state index contributed by atoms with van der Waals surface area (Å²) in [6, 6.07) is 22.6. The molecule has 1 atom stereocenters.